The quantitative estimate of drug-likeness (QED) is 0.591. The Morgan fingerprint density at radius 3 is 2.54 bits per heavy atom. The SMILES string of the molecule is CC[C@H](C)[C@H](C(=O)O[C@@H](C)c1nc2sc(C)c(C)c2c(=O)[nH]1)c1ccccc1. The number of nitrogens with one attached hydrogen (secondary N) is 1. The molecule has 0 saturated carbocycles. The van der Waals surface area contributed by atoms with Gasteiger partial charge in [0.2, 0.25) is 0 Å². The molecule has 148 valence electrons. The second-order valence-electron chi connectivity index (χ2n) is 7.27. The summed E-state index contributed by atoms with van der Waals surface area (Å²) < 4.78 is 5.75. The van der Waals surface area contributed by atoms with E-state index in [2.05, 4.69) is 16.9 Å². The van der Waals surface area contributed by atoms with E-state index in [1.165, 1.54) is 11.3 Å². The van der Waals surface area contributed by atoms with Gasteiger partial charge in [0.05, 0.1) is 11.3 Å². The van der Waals surface area contributed by atoms with Crippen molar-refractivity contribution in [2.45, 2.75) is 53.1 Å². The zero-order valence-electron chi connectivity index (χ0n) is 16.9. The lowest BCUT2D eigenvalue weighted by atomic mass is 9.85. The number of aromatic nitrogens is 2. The van der Waals surface area contributed by atoms with Gasteiger partial charge in [-0.2, -0.15) is 0 Å². The maximum Gasteiger partial charge on any atom is 0.314 e. The summed E-state index contributed by atoms with van der Waals surface area (Å²) in [6, 6.07) is 9.68. The number of nitrogens with zero attached hydrogens (tertiary/aromatic N) is 1. The molecular formula is C22H26N2O3S. The number of aryl methyl sites for hydroxylation is 2. The van der Waals surface area contributed by atoms with Gasteiger partial charge in [0.15, 0.2) is 11.9 Å². The zero-order valence-corrected chi connectivity index (χ0v) is 17.7. The monoisotopic (exact) mass is 398 g/mol. The molecule has 1 N–H and O–H groups in total. The minimum Gasteiger partial charge on any atom is -0.454 e. The molecule has 0 radical (unpaired) electrons. The first-order chi connectivity index (χ1) is 13.3. The summed E-state index contributed by atoms with van der Waals surface area (Å²) in [5.41, 5.74) is 1.70. The van der Waals surface area contributed by atoms with Crippen molar-refractivity contribution in [3.63, 3.8) is 0 Å². The van der Waals surface area contributed by atoms with Crippen molar-refractivity contribution in [2.75, 3.05) is 0 Å². The summed E-state index contributed by atoms with van der Waals surface area (Å²) in [4.78, 5) is 34.6. The Hall–Kier alpha value is -2.47. The molecule has 28 heavy (non-hydrogen) atoms. The van der Waals surface area contributed by atoms with Gasteiger partial charge in [0.1, 0.15) is 4.83 Å². The van der Waals surface area contributed by atoms with Crippen molar-refractivity contribution in [3.05, 3.63) is 62.5 Å². The van der Waals surface area contributed by atoms with E-state index >= 15 is 0 Å². The van der Waals surface area contributed by atoms with Gasteiger partial charge in [-0.25, -0.2) is 4.98 Å². The number of benzene rings is 1. The molecule has 0 bridgehead atoms. The highest BCUT2D eigenvalue weighted by Crippen LogP contribution is 2.31. The summed E-state index contributed by atoms with van der Waals surface area (Å²) in [6.07, 6.45) is 0.222. The highest BCUT2D eigenvalue weighted by Gasteiger charge is 2.29. The van der Waals surface area contributed by atoms with Crippen molar-refractivity contribution in [2.24, 2.45) is 5.92 Å². The van der Waals surface area contributed by atoms with E-state index in [4.69, 9.17) is 4.74 Å². The second kappa shape index (κ2) is 8.27. The van der Waals surface area contributed by atoms with Crippen LogP contribution < -0.4 is 5.56 Å². The molecule has 0 spiro atoms. The lowest BCUT2D eigenvalue weighted by Gasteiger charge is -2.23. The van der Waals surface area contributed by atoms with Crippen LogP contribution in [0.3, 0.4) is 0 Å². The van der Waals surface area contributed by atoms with E-state index in [0.29, 0.717) is 16.0 Å². The van der Waals surface area contributed by atoms with Crippen LogP contribution >= 0.6 is 11.3 Å². The number of carbonyl (C=O) groups excluding carboxylic acids is 1. The van der Waals surface area contributed by atoms with Crippen molar-refractivity contribution < 1.29 is 9.53 Å². The molecule has 2 heterocycles. The van der Waals surface area contributed by atoms with Gasteiger partial charge in [-0.15, -0.1) is 11.3 Å². The first-order valence-corrected chi connectivity index (χ1v) is 10.4. The maximum absolute atomic E-state index is 13.0. The number of hydrogen-bond donors (Lipinski definition) is 1. The predicted octanol–water partition coefficient (Wildman–Crippen LogP) is 5.04. The van der Waals surface area contributed by atoms with Crippen molar-refractivity contribution >= 4 is 27.5 Å². The topological polar surface area (TPSA) is 72.0 Å². The van der Waals surface area contributed by atoms with E-state index < -0.39 is 6.10 Å². The Labute approximate surface area is 168 Å². The maximum atomic E-state index is 13.0. The van der Waals surface area contributed by atoms with Crippen LogP contribution in [0.4, 0.5) is 0 Å². The molecule has 0 aliphatic heterocycles. The number of carbonyl (C=O) groups is 1. The molecule has 0 amide bonds. The Balaban J connectivity index is 1.88. The summed E-state index contributed by atoms with van der Waals surface area (Å²) in [5, 5.41) is 0.617. The average Bonchev–Trinajstić information content (AvgIpc) is 2.96. The van der Waals surface area contributed by atoms with Gasteiger partial charge in [-0.3, -0.25) is 9.59 Å². The van der Waals surface area contributed by atoms with Crippen molar-refractivity contribution in [1.82, 2.24) is 9.97 Å². The third-order valence-corrected chi connectivity index (χ3v) is 6.46. The smallest absolute Gasteiger partial charge is 0.314 e. The van der Waals surface area contributed by atoms with Gasteiger partial charge in [-0.1, -0.05) is 50.6 Å². The third-order valence-electron chi connectivity index (χ3n) is 5.36. The number of H-pyrrole nitrogens is 1. The molecule has 0 aliphatic rings. The zero-order chi connectivity index (χ0) is 20.4. The molecule has 0 aliphatic carbocycles. The van der Waals surface area contributed by atoms with E-state index in [0.717, 1.165) is 22.4 Å². The van der Waals surface area contributed by atoms with E-state index in [1.807, 2.05) is 51.1 Å². The van der Waals surface area contributed by atoms with Gasteiger partial charge < -0.3 is 9.72 Å². The summed E-state index contributed by atoms with van der Waals surface area (Å²) in [5.74, 6) is -0.132. The lowest BCUT2D eigenvalue weighted by Crippen LogP contribution is -2.24. The van der Waals surface area contributed by atoms with Crippen molar-refractivity contribution in [1.29, 1.82) is 0 Å². The Bertz CT molecular complexity index is 1040. The normalized spacial score (nSPS) is 14.6. The number of hydrogen-bond acceptors (Lipinski definition) is 5. The molecule has 3 atom stereocenters. The minimum atomic E-state index is -0.636. The highest BCUT2D eigenvalue weighted by atomic mass is 32.1. The first-order valence-electron chi connectivity index (χ1n) is 9.58. The van der Waals surface area contributed by atoms with Crippen LogP contribution in [0.2, 0.25) is 0 Å². The van der Waals surface area contributed by atoms with Gasteiger partial charge in [-0.05, 0) is 37.8 Å². The van der Waals surface area contributed by atoms with E-state index in [-0.39, 0.29) is 23.4 Å². The summed E-state index contributed by atoms with van der Waals surface area (Å²) in [7, 11) is 0. The molecule has 0 fully saturated rings. The Morgan fingerprint density at radius 2 is 1.89 bits per heavy atom. The average molecular weight is 399 g/mol. The van der Waals surface area contributed by atoms with Crippen LogP contribution in [-0.4, -0.2) is 15.9 Å². The molecule has 0 saturated heterocycles. The molecular weight excluding hydrogens is 372 g/mol. The largest absolute Gasteiger partial charge is 0.454 e. The van der Waals surface area contributed by atoms with Crippen LogP contribution in [0, 0.1) is 19.8 Å². The molecule has 2 aromatic heterocycles. The van der Waals surface area contributed by atoms with Gasteiger partial charge in [0.25, 0.3) is 5.56 Å². The molecule has 3 rings (SSSR count). The van der Waals surface area contributed by atoms with Gasteiger partial charge in [0, 0.05) is 4.88 Å². The van der Waals surface area contributed by atoms with Crippen molar-refractivity contribution in [3.8, 4) is 0 Å². The number of aromatic amines is 1. The predicted molar refractivity (Wildman–Crippen MR) is 113 cm³/mol. The summed E-state index contributed by atoms with van der Waals surface area (Å²) >= 11 is 1.48. The molecule has 6 heteroatoms. The fourth-order valence-corrected chi connectivity index (χ4v) is 4.40. The molecule has 3 aromatic rings. The van der Waals surface area contributed by atoms with Crippen LogP contribution in [0.15, 0.2) is 35.1 Å². The Morgan fingerprint density at radius 1 is 1.21 bits per heavy atom. The number of rotatable bonds is 6. The minimum absolute atomic E-state index is 0.138. The van der Waals surface area contributed by atoms with Gasteiger partial charge >= 0.3 is 5.97 Å². The summed E-state index contributed by atoms with van der Waals surface area (Å²) in [6.45, 7) is 9.75. The Kier molecular flexibility index (Phi) is 5.98. The lowest BCUT2D eigenvalue weighted by molar-refractivity contribution is -0.152. The molecule has 1 aromatic carbocycles. The first kappa shape index (κ1) is 20.3. The third kappa shape index (κ3) is 3.87. The van der Waals surface area contributed by atoms with E-state index in [1.54, 1.807) is 6.92 Å². The number of esters is 1. The molecule has 5 nitrogen and oxygen atoms in total. The van der Waals surface area contributed by atoms with Crippen LogP contribution in [0.5, 0.6) is 0 Å². The van der Waals surface area contributed by atoms with E-state index in [9.17, 15) is 9.59 Å². The molecule has 0 unspecified atom stereocenters. The number of thiophene rings is 1. The fraction of sp³-hybridized carbons (Fsp3) is 0.409. The number of ether oxygens (including phenoxy) is 1. The van der Waals surface area contributed by atoms with Crippen LogP contribution in [0.25, 0.3) is 10.2 Å². The standard InChI is InChI=1S/C22H26N2O3S/c1-6-12(2)17(16-10-8-7-9-11-16)22(26)27-14(4)19-23-20(25)18-13(3)15(5)28-21(18)24-19/h7-12,14,17H,6H2,1-5H3,(H,23,24,25)/t12-,14-,17-/m0/s1. The fourth-order valence-electron chi connectivity index (χ4n) is 3.36. The number of fused-ring (bicyclic) bond motifs is 1. The van der Waals surface area contributed by atoms with Crippen LogP contribution in [-0.2, 0) is 9.53 Å². The van der Waals surface area contributed by atoms with Crippen LogP contribution in [0.1, 0.15) is 61.0 Å². The highest BCUT2D eigenvalue weighted by molar-refractivity contribution is 7.18. The second-order valence-corrected chi connectivity index (χ2v) is 8.47.